The molecule has 4 aromatic rings. The molecular formula is C20H15FN4O4S. The van der Waals surface area contributed by atoms with Crippen molar-refractivity contribution in [3.8, 4) is 17.0 Å². The number of carbonyl (C=O) groups is 1. The van der Waals surface area contributed by atoms with Gasteiger partial charge in [-0.25, -0.2) is 4.98 Å². The Kier molecular flexibility index (Phi) is 4.92. The van der Waals surface area contributed by atoms with Crippen LogP contribution in [0.15, 0.2) is 48.7 Å². The minimum atomic E-state index is -0.963. The summed E-state index contributed by atoms with van der Waals surface area (Å²) in [5, 5.41) is 13.5. The van der Waals surface area contributed by atoms with Gasteiger partial charge < -0.3 is 10.1 Å². The Morgan fingerprint density at radius 3 is 2.63 bits per heavy atom. The van der Waals surface area contributed by atoms with Gasteiger partial charge >= 0.3 is 5.69 Å². The van der Waals surface area contributed by atoms with Gasteiger partial charge in [0.1, 0.15) is 10.6 Å². The van der Waals surface area contributed by atoms with E-state index in [1.54, 1.807) is 14.0 Å². The maximum atomic E-state index is 13.5. The van der Waals surface area contributed by atoms with Crippen molar-refractivity contribution in [2.24, 2.45) is 0 Å². The van der Waals surface area contributed by atoms with Gasteiger partial charge in [0.2, 0.25) is 5.82 Å². The highest BCUT2D eigenvalue weighted by molar-refractivity contribution is 7.19. The number of benzene rings is 2. The summed E-state index contributed by atoms with van der Waals surface area (Å²) in [4.78, 5) is 28.3. The van der Waals surface area contributed by atoms with Gasteiger partial charge in [0.05, 0.1) is 17.7 Å². The largest absolute Gasteiger partial charge is 0.497 e. The van der Waals surface area contributed by atoms with Crippen LogP contribution in [0.25, 0.3) is 16.2 Å². The summed E-state index contributed by atoms with van der Waals surface area (Å²) in [5.41, 5.74) is 1.78. The quantitative estimate of drug-likeness (QED) is 0.369. The summed E-state index contributed by atoms with van der Waals surface area (Å²) in [6, 6.07) is 10.7. The maximum absolute atomic E-state index is 13.5. The topological polar surface area (TPSA) is 98.8 Å². The van der Waals surface area contributed by atoms with Crippen molar-refractivity contribution in [2.75, 3.05) is 12.4 Å². The van der Waals surface area contributed by atoms with Crippen molar-refractivity contribution in [3.05, 3.63) is 75.2 Å². The summed E-state index contributed by atoms with van der Waals surface area (Å²) in [5.74, 6) is -0.666. The van der Waals surface area contributed by atoms with Crippen LogP contribution in [-0.2, 0) is 0 Å². The number of fused-ring (bicyclic) bond motifs is 1. The number of halogens is 1. The first-order valence-electron chi connectivity index (χ1n) is 8.75. The fourth-order valence-corrected chi connectivity index (χ4v) is 3.98. The van der Waals surface area contributed by atoms with E-state index >= 15 is 0 Å². The number of carbonyl (C=O) groups excluding carboxylic acids is 1. The molecule has 0 saturated heterocycles. The second-order valence-corrected chi connectivity index (χ2v) is 7.38. The Labute approximate surface area is 173 Å². The number of aryl methyl sites for hydroxylation is 1. The van der Waals surface area contributed by atoms with Crippen LogP contribution in [0.1, 0.15) is 15.4 Å². The number of nitro benzene ring substituents is 1. The zero-order valence-electron chi connectivity index (χ0n) is 15.9. The van der Waals surface area contributed by atoms with Crippen LogP contribution in [0.5, 0.6) is 5.75 Å². The number of imidazole rings is 1. The lowest BCUT2D eigenvalue weighted by Gasteiger charge is -2.05. The molecule has 0 atom stereocenters. The molecule has 0 spiro atoms. The molecule has 8 nitrogen and oxygen atoms in total. The number of thiazole rings is 1. The molecule has 0 aliphatic rings. The molecule has 0 bridgehead atoms. The summed E-state index contributed by atoms with van der Waals surface area (Å²) in [6.45, 7) is 1.78. The molecular weight excluding hydrogens is 411 g/mol. The number of ether oxygens (including phenoxy) is 1. The number of nitrogens with one attached hydrogen (secondary N) is 1. The molecule has 2 aromatic heterocycles. The SMILES string of the molecule is COc1ccc(-c2cn3c(C)c(C(=O)Nc4ccc(F)c([N+](=O)[O-])c4)sc3n2)cc1. The van der Waals surface area contributed by atoms with Crippen LogP contribution in [-0.4, -0.2) is 27.3 Å². The van der Waals surface area contributed by atoms with Crippen LogP contribution in [0.4, 0.5) is 15.8 Å². The number of anilines is 1. The highest BCUT2D eigenvalue weighted by Crippen LogP contribution is 2.29. The van der Waals surface area contributed by atoms with E-state index in [4.69, 9.17) is 4.74 Å². The van der Waals surface area contributed by atoms with Crippen LogP contribution in [0.3, 0.4) is 0 Å². The van der Waals surface area contributed by atoms with Gasteiger partial charge in [-0.15, -0.1) is 0 Å². The molecule has 152 valence electrons. The van der Waals surface area contributed by atoms with Gasteiger partial charge in [0.25, 0.3) is 5.91 Å². The van der Waals surface area contributed by atoms with Gasteiger partial charge in [-0.2, -0.15) is 4.39 Å². The molecule has 0 aliphatic carbocycles. The Morgan fingerprint density at radius 1 is 1.27 bits per heavy atom. The molecule has 1 N–H and O–H groups in total. The standard InChI is InChI=1S/C20H15FN4O4S/c1-11-18(19(26)22-13-5-8-15(21)17(9-13)25(27)28)30-20-23-16(10-24(11)20)12-3-6-14(29-2)7-4-12/h3-10H,1-2H3,(H,22,26). The van der Waals surface area contributed by atoms with Crippen LogP contribution in [0.2, 0.25) is 0 Å². The fraction of sp³-hybridized carbons (Fsp3) is 0.100. The smallest absolute Gasteiger partial charge is 0.306 e. The summed E-state index contributed by atoms with van der Waals surface area (Å²) >= 11 is 1.20. The van der Waals surface area contributed by atoms with E-state index in [2.05, 4.69) is 10.3 Å². The van der Waals surface area contributed by atoms with Crippen LogP contribution >= 0.6 is 11.3 Å². The molecule has 0 saturated carbocycles. The lowest BCUT2D eigenvalue weighted by molar-refractivity contribution is -0.387. The number of amides is 1. The maximum Gasteiger partial charge on any atom is 0.306 e. The average molecular weight is 426 g/mol. The van der Waals surface area contributed by atoms with E-state index in [1.165, 1.54) is 17.4 Å². The molecule has 10 heteroatoms. The lowest BCUT2D eigenvalue weighted by Crippen LogP contribution is -2.12. The second kappa shape index (κ2) is 7.56. The zero-order valence-corrected chi connectivity index (χ0v) is 16.7. The minimum absolute atomic E-state index is 0.137. The van der Waals surface area contributed by atoms with Crippen molar-refractivity contribution in [3.63, 3.8) is 0 Å². The Hall–Kier alpha value is -3.79. The number of hydrogen-bond donors (Lipinski definition) is 1. The van der Waals surface area contributed by atoms with Crippen molar-refractivity contribution >= 4 is 33.6 Å². The third kappa shape index (κ3) is 3.48. The van der Waals surface area contributed by atoms with E-state index in [0.29, 0.717) is 15.5 Å². The van der Waals surface area contributed by atoms with E-state index < -0.39 is 22.3 Å². The van der Waals surface area contributed by atoms with Gasteiger partial charge in [0.15, 0.2) is 4.96 Å². The van der Waals surface area contributed by atoms with E-state index in [1.807, 2.05) is 34.9 Å². The monoisotopic (exact) mass is 426 g/mol. The number of aromatic nitrogens is 2. The molecule has 30 heavy (non-hydrogen) atoms. The van der Waals surface area contributed by atoms with Crippen molar-refractivity contribution in [1.82, 2.24) is 9.38 Å². The molecule has 1 amide bonds. The van der Waals surface area contributed by atoms with Crippen LogP contribution < -0.4 is 10.1 Å². The normalized spacial score (nSPS) is 10.9. The third-order valence-corrected chi connectivity index (χ3v) is 5.71. The van der Waals surface area contributed by atoms with Crippen molar-refractivity contribution in [1.29, 1.82) is 0 Å². The number of nitro groups is 1. The highest BCUT2D eigenvalue weighted by atomic mass is 32.1. The molecule has 2 heterocycles. The number of rotatable bonds is 5. The lowest BCUT2D eigenvalue weighted by atomic mass is 10.2. The second-order valence-electron chi connectivity index (χ2n) is 6.40. The van der Waals surface area contributed by atoms with E-state index in [-0.39, 0.29) is 5.69 Å². The minimum Gasteiger partial charge on any atom is -0.497 e. The summed E-state index contributed by atoms with van der Waals surface area (Å²) in [6.07, 6.45) is 1.84. The Morgan fingerprint density at radius 2 is 2.00 bits per heavy atom. The number of hydrogen-bond acceptors (Lipinski definition) is 6. The van der Waals surface area contributed by atoms with Crippen molar-refractivity contribution < 1.29 is 18.8 Å². The van der Waals surface area contributed by atoms with E-state index in [9.17, 15) is 19.3 Å². The molecule has 4 rings (SSSR count). The number of methoxy groups -OCH3 is 1. The first kappa shape index (κ1) is 19.5. The Balaban J connectivity index is 1.61. The average Bonchev–Trinajstić information content (AvgIpc) is 3.29. The Bertz CT molecular complexity index is 1280. The number of nitrogens with zero attached hydrogens (tertiary/aromatic N) is 3. The predicted molar refractivity (Wildman–Crippen MR) is 111 cm³/mol. The summed E-state index contributed by atoms with van der Waals surface area (Å²) < 4.78 is 20.5. The molecule has 0 aliphatic heterocycles. The van der Waals surface area contributed by atoms with Gasteiger partial charge in [0, 0.05) is 29.2 Å². The molecule has 0 unspecified atom stereocenters. The molecule has 2 aromatic carbocycles. The van der Waals surface area contributed by atoms with Gasteiger partial charge in [-0.05, 0) is 43.3 Å². The zero-order chi connectivity index (χ0) is 21.4. The van der Waals surface area contributed by atoms with Gasteiger partial charge in [-0.1, -0.05) is 11.3 Å². The first-order chi connectivity index (χ1) is 14.4. The van der Waals surface area contributed by atoms with Crippen molar-refractivity contribution in [2.45, 2.75) is 6.92 Å². The molecule has 0 radical (unpaired) electrons. The highest BCUT2D eigenvalue weighted by Gasteiger charge is 2.20. The predicted octanol–water partition coefficient (Wildman–Crippen LogP) is 4.68. The van der Waals surface area contributed by atoms with Crippen LogP contribution in [0, 0.1) is 22.9 Å². The van der Waals surface area contributed by atoms with E-state index in [0.717, 1.165) is 29.1 Å². The molecule has 0 fully saturated rings. The van der Waals surface area contributed by atoms with Gasteiger partial charge in [-0.3, -0.25) is 19.3 Å². The first-order valence-corrected chi connectivity index (χ1v) is 9.57. The third-order valence-electron chi connectivity index (χ3n) is 4.55. The fourth-order valence-electron chi connectivity index (χ4n) is 2.98. The summed E-state index contributed by atoms with van der Waals surface area (Å²) in [7, 11) is 1.60.